The normalized spacial score (nSPS) is 11.3. The fourth-order valence-electron chi connectivity index (χ4n) is 3.14. The van der Waals surface area contributed by atoms with Gasteiger partial charge in [-0.25, -0.2) is 0 Å². The molecule has 2 aromatic carbocycles. The van der Waals surface area contributed by atoms with Crippen LogP contribution in [0.25, 0.3) is 17.0 Å². The van der Waals surface area contributed by atoms with Gasteiger partial charge in [-0.15, -0.1) is 0 Å². The Morgan fingerprint density at radius 3 is 2.68 bits per heavy atom. The summed E-state index contributed by atoms with van der Waals surface area (Å²) in [7, 11) is 1.59. The highest BCUT2D eigenvalue weighted by molar-refractivity contribution is 6.06. The van der Waals surface area contributed by atoms with Gasteiger partial charge in [0.05, 0.1) is 19.9 Å². The van der Waals surface area contributed by atoms with E-state index in [0.29, 0.717) is 17.1 Å². The SMILES string of the molecule is COc1ccc2[nH]cc(C=C(NC(=O)c3ccccc3)C(=O)NCc3ccco3)c2c1. The predicted molar refractivity (Wildman–Crippen MR) is 117 cm³/mol. The first kappa shape index (κ1) is 20.0. The van der Waals surface area contributed by atoms with Crippen molar-refractivity contribution in [1.29, 1.82) is 0 Å². The van der Waals surface area contributed by atoms with E-state index < -0.39 is 5.91 Å². The minimum atomic E-state index is -0.432. The standard InChI is InChI=1S/C24H21N3O4/c1-30-18-9-10-21-20(13-18)17(14-25-21)12-22(24(29)26-15-19-8-5-11-31-19)27-23(28)16-6-3-2-4-7-16/h2-14,25H,15H2,1H3,(H,26,29)(H,27,28). The fourth-order valence-corrected chi connectivity index (χ4v) is 3.14. The average molecular weight is 415 g/mol. The number of rotatable bonds is 7. The zero-order valence-corrected chi connectivity index (χ0v) is 16.8. The highest BCUT2D eigenvalue weighted by Gasteiger charge is 2.16. The number of furan rings is 1. The first-order chi connectivity index (χ1) is 15.1. The molecular formula is C24H21N3O4. The van der Waals surface area contributed by atoms with E-state index in [1.807, 2.05) is 24.3 Å². The molecule has 0 aliphatic carbocycles. The molecule has 3 N–H and O–H groups in total. The number of nitrogens with one attached hydrogen (secondary N) is 3. The number of benzene rings is 2. The van der Waals surface area contributed by atoms with Crippen LogP contribution in [0.1, 0.15) is 21.7 Å². The Bertz CT molecular complexity index is 1220. The second kappa shape index (κ2) is 9.04. The number of hydrogen-bond donors (Lipinski definition) is 3. The van der Waals surface area contributed by atoms with E-state index in [1.54, 1.807) is 55.8 Å². The van der Waals surface area contributed by atoms with Gasteiger partial charge < -0.3 is 24.8 Å². The van der Waals surface area contributed by atoms with E-state index in [4.69, 9.17) is 9.15 Å². The van der Waals surface area contributed by atoms with Crippen LogP contribution in [0.2, 0.25) is 0 Å². The largest absolute Gasteiger partial charge is 0.497 e. The van der Waals surface area contributed by atoms with E-state index in [1.165, 1.54) is 6.26 Å². The number of carbonyl (C=O) groups excluding carboxylic acids is 2. The summed E-state index contributed by atoms with van der Waals surface area (Å²) in [6.45, 7) is 0.200. The van der Waals surface area contributed by atoms with Crippen LogP contribution in [0.5, 0.6) is 5.75 Å². The number of carbonyl (C=O) groups is 2. The van der Waals surface area contributed by atoms with Gasteiger partial charge >= 0.3 is 0 Å². The van der Waals surface area contributed by atoms with Gasteiger partial charge in [0.25, 0.3) is 11.8 Å². The molecule has 0 saturated carbocycles. The lowest BCUT2D eigenvalue weighted by molar-refractivity contribution is -0.118. The molecule has 0 radical (unpaired) electrons. The first-order valence-corrected chi connectivity index (χ1v) is 9.68. The lowest BCUT2D eigenvalue weighted by Crippen LogP contribution is -2.34. The molecule has 2 aromatic heterocycles. The van der Waals surface area contributed by atoms with Crippen LogP contribution in [0.4, 0.5) is 0 Å². The maximum absolute atomic E-state index is 12.9. The molecular weight excluding hydrogens is 394 g/mol. The second-order valence-electron chi connectivity index (χ2n) is 6.80. The summed E-state index contributed by atoms with van der Waals surface area (Å²) in [4.78, 5) is 28.8. The number of methoxy groups -OCH3 is 1. The van der Waals surface area contributed by atoms with Crippen molar-refractivity contribution in [1.82, 2.24) is 15.6 Å². The molecule has 31 heavy (non-hydrogen) atoms. The van der Waals surface area contributed by atoms with Gasteiger partial charge in [0, 0.05) is 28.2 Å². The minimum Gasteiger partial charge on any atom is -0.497 e. The molecule has 7 heteroatoms. The van der Waals surface area contributed by atoms with Gasteiger partial charge in [0.2, 0.25) is 0 Å². The third-order valence-electron chi connectivity index (χ3n) is 4.75. The van der Waals surface area contributed by atoms with Crippen LogP contribution in [0.3, 0.4) is 0 Å². The Balaban J connectivity index is 1.65. The molecule has 0 aliphatic heterocycles. The van der Waals surface area contributed by atoms with Crippen molar-refractivity contribution < 1.29 is 18.7 Å². The number of ether oxygens (including phenoxy) is 1. The van der Waals surface area contributed by atoms with Crippen LogP contribution in [0, 0.1) is 0 Å². The Labute approximate surface area is 178 Å². The van der Waals surface area contributed by atoms with Crippen LogP contribution in [0.15, 0.2) is 83.2 Å². The molecule has 156 valence electrons. The molecule has 0 atom stereocenters. The molecule has 0 unspecified atom stereocenters. The molecule has 0 fully saturated rings. The molecule has 0 saturated heterocycles. The number of aromatic nitrogens is 1. The maximum Gasteiger partial charge on any atom is 0.268 e. The van der Waals surface area contributed by atoms with Gasteiger partial charge in [-0.3, -0.25) is 9.59 Å². The smallest absolute Gasteiger partial charge is 0.268 e. The lowest BCUT2D eigenvalue weighted by Gasteiger charge is -2.10. The summed E-state index contributed by atoms with van der Waals surface area (Å²) in [6.07, 6.45) is 4.95. The van der Waals surface area contributed by atoms with Crippen LogP contribution in [-0.4, -0.2) is 23.9 Å². The van der Waals surface area contributed by atoms with Crippen LogP contribution in [-0.2, 0) is 11.3 Å². The molecule has 4 rings (SSSR count). The third-order valence-corrected chi connectivity index (χ3v) is 4.75. The Morgan fingerprint density at radius 2 is 1.94 bits per heavy atom. The van der Waals surface area contributed by atoms with Crippen LogP contribution < -0.4 is 15.4 Å². The van der Waals surface area contributed by atoms with Gasteiger partial charge in [-0.2, -0.15) is 0 Å². The number of aromatic amines is 1. The molecule has 0 bridgehead atoms. The number of hydrogen-bond acceptors (Lipinski definition) is 4. The van der Waals surface area contributed by atoms with E-state index in [0.717, 1.165) is 16.5 Å². The summed E-state index contributed by atoms with van der Waals surface area (Å²) in [5.74, 6) is 0.494. The maximum atomic E-state index is 12.9. The number of amides is 2. The second-order valence-corrected chi connectivity index (χ2v) is 6.80. The molecule has 2 heterocycles. The Kier molecular flexibility index (Phi) is 5.84. The van der Waals surface area contributed by atoms with Crippen LogP contribution >= 0.6 is 0 Å². The monoisotopic (exact) mass is 415 g/mol. The molecule has 0 aliphatic rings. The Hall–Kier alpha value is -4.26. The summed E-state index contributed by atoms with van der Waals surface area (Å²) >= 11 is 0. The van der Waals surface area contributed by atoms with Crippen molar-refractivity contribution in [3.05, 3.63) is 95.7 Å². The van der Waals surface area contributed by atoms with Crippen molar-refractivity contribution in [3.63, 3.8) is 0 Å². The zero-order valence-electron chi connectivity index (χ0n) is 16.8. The van der Waals surface area contributed by atoms with Crippen molar-refractivity contribution >= 4 is 28.8 Å². The number of H-pyrrole nitrogens is 1. The van der Waals surface area contributed by atoms with Gasteiger partial charge in [0.15, 0.2) is 0 Å². The Morgan fingerprint density at radius 1 is 1.10 bits per heavy atom. The summed E-state index contributed by atoms with van der Waals surface area (Å²) in [5, 5.41) is 6.37. The number of fused-ring (bicyclic) bond motifs is 1. The fraction of sp³-hybridized carbons (Fsp3) is 0.0833. The molecule has 2 amide bonds. The van der Waals surface area contributed by atoms with Crippen molar-refractivity contribution in [3.8, 4) is 5.75 Å². The first-order valence-electron chi connectivity index (χ1n) is 9.68. The van der Waals surface area contributed by atoms with E-state index in [9.17, 15) is 9.59 Å². The molecule has 7 nitrogen and oxygen atoms in total. The van der Waals surface area contributed by atoms with Crippen molar-refractivity contribution in [2.24, 2.45) is 0 Å². The van der Waals surface area contributed by atoms with Crippen molar-refractivity contribution in [2.45, 2.75) is 6.54 Å². The highest BCUT2D eigenvalue weighted by atomic mass is 16.5. The topological polar surface area (TPSA) is 96.4 Å². The molecule has 0 spiro atoms. The molecule has 4 aromatic rings. The average Bonchev–Trinajstić information content (AvgIpc) is 3.47. The summed E-state index contributed by atoms with van der Waals surface area (Å²) in [5.41, 5.74) is 2.19. The van der Waals surface area contributed by atoms with Crippen molar-refractivity contribution in [2.75, 3.05) is 7.11 Å². The quantitative estimate of drug-likeness (QED) is 0.400. The van der Waals surface area contributed by atoms with Gasteiger partial charge in [-0.1, -0.05) is 18.2 Å². The lowest BCUT2D eigenvalue weighted by atomic mass is 10.1. The highest BCUT2D eigenvalue weighted by Crippen LogP contribution is 2.25. The predicted octanol–water partition coefficient (Wildman–Crippen LogP) is 3.86. The summed E-state index contributed by atoms with van der Waals surface area (Å²) in [6, 6.07) is 17.8. The van der Waals surface area contributed by atoms with E-state index in [-0.39, 0.29) is 18.1 Å². The van der Waals surface area contributed by atoms with E-state index >= 15 is 0 Å². The van der Waals surface area contributed by atoms with Gasteiger partial charge in [0.1, 0.15) is 17.2 Å². The van der Waals surface area contributed by atoms with Gasteiger partial charge in [-0.05, 0) is 48.5 Å². The minimum absolute atomic E-state index is 0.115. The summed E-state index contributed by atoms with van der Waals surface area (Å²) < 4.78 is 10.6. The van der Waals surface area contributed by atoms with E-state index in [2.05, 4.69) is 15.6 Å². The third kappa shape index (κ3) is 4.67. The zero-order chi connectivity index (χ0) is 21.6.